The van der Waals surface area contributed by atoms with Gasteiger partial charge in [0.25, 0.3) is 0 Å². The lowest BCUT2D eigenvalue weighted by atomic mass is 9.89. The van der Waals surface area contributed by atoms with Gasteiger partial charge in [0.1, 0.15) is 0 Å². The molecular formula is C13H28N2. The van der Waals surface area contributed by atoms with E-state index in [0.717, 1.165) is 18.9 Å². The molecule has 1 fully saturated rings. The van der Waals surface area contributed by atoms with Gasteiger partial charge in [-0.3, -0.25) is 0 Å². The van der Waals surface area contributed by atoms with Crippen LogP contribution in [0.4, 0.5) is 0 Å². The first-order valence-corrected chi connectivity index (χ1v) is 6.71. The Balaban J connectivity index is 2.24. The van der Waals surface area contributed by atoms with Crippen LogP contribution in [-0.2, 0) is 0 Å². The highest BCUT2D eigenvalue weighted by atomic mass is 15.0. The standard InChI is InChI=1S/C13H28N2/c1-3-5-9-13(4-2,11-14)15-10-8-12-6-7-12/h12,15H,3-11,14H2,1-2H3. The summed E-state index contributed by atoms with van der Waals surface area (Å²) in [4.78, 5) is 0. The summed E-state index contributed by atoms with van der Waals surface area (Å²) in [7, 11) is 0. The molecule has 0 spiro atoms. The first kappa shape index (κ1) is 13.0. The van der Waals surface area contributed by atoms with E-state index in [1.807, 2.05) is 0 Å². The minimum Gasteiger partial charge on any atom is -0.329 e. The van der Waals surface area contributed by atoms with Crippen molar-refractivity contribution >= 4 is 0 Å². The van der Waals surface area contributed by atoms with Crippen molar-refractivity contribution in [1.29, 1.82) is 0 Å². The quantitative estimate of drug-likeness (QED) is 0.616. The predicted molar refractivity (Wildman–Crippen MR) is 66.9 cm³/mol. The van der Waals surface area contributed by atoms with E-state index in [4.69, 9.17) is 5.73 Å². The maximum Gasteiger partial charge on any atom is 0.0301 e. The summed E-state index contributed by atoms with van der Waals surface area (Å²) in [6.45, 7) is 6.46. The van der Waals surface area contributed by atoms with Gasteiger partial charge in [-0.2, -0.15) is 0 Å². The van der Waals surface area contributed by atoms with Crippen molar-refractivity contribution in [3.05, 3.63) is 0 Å². The Labute approximate surface area is 95.0 Å². The first-order chi connectivity index (χ1) is 7.26. The molecule has 1 unspecified atom stereocenters. The maximum atomic E-state index is 5.93. The Hall–Kier alpha value is -0.0800. The van der Waals surface area contributed by atoms with E-state index in [-0.39, 0.29) is 5.54 Å². The molecule has 90 valence electrons. The van der Waals surface area contributed by atoms with Gasteiger partial charge in [0, 0.05) is 12.1 Å². The summed E-state index contributed by atoms with van der Waals surface area (Å²) in [6, 6.07) is 0. The summed E-state index contributed by atoms with van der Waals surface area (Å²) in [5.74, 6) is 1.02. The average Bonchev–Trinajstić information content (AvgIpc) is 3.07. The summed E-state index contributed by atoms with van der Waals surface area (Å²) < 4.78 is 0. The average molecular weight is 212 g/mol. The van der Waals surface area contributed by atoms with Crippen LogP contribution in [0.1, 0.15) is 58.8 Å². The largest absolute Gasteiger partial charge is 0.329 e. The van der Waals surface area contributed by atoms with E-state index in [1.54, 1.807) is 0 Å². The second-order valence-electron chi connectivity index (χ2n) is 5.10. The Kier molecular flexibility index (Phi) is 5.62. The maximum absolute atomic E-state index is 5.93. The number of nitrogens with one attached hydrogen (secondary N) is 1. The molecule has 1 saturated carbocycles. The van der Waals surface area contributed by atoms with Gasteiger partial charge >= 0.3 is 0 Å². The molecule has 0 aromatic heterocycles. The third-order valence-corrected chi connectivity index (χ3v) is 3.83. The van der Waals surface area contributed by atoms with Gasteiger partial charge in [-0.25, -0.2) is 0 Å². The molecule has 0 bridgehead atoms. The predicted octanol–water partition coefficient (Wildman–Crippen LogP) is 2.67. The van der Waals surface area contributed by atoms with Crippen LogP contribution in [0.25, 0.3) is 0 Å². The normalized spacial score (nSPS) is 20.2. The van der Waals surface area contributed by atoms with E-state index in [1.165, 1.54) is 45.1 Å². The summed E-state index contributed by atoms with van der Waals surface area (Å²) >= 11 is 0. The highest BCUT2D eigenvalue weighted by molar-refractivity contribution is 4.88. The topological polar surface area (TPSA) is 38.0 Å². The zero-order valence-electron chi connectivity index (χ0n) is 10.5. The van der Waals surface area contributed by atoms with Crippen molar-refractivity contribution in [3.63, 3.8) is 0 Å². The van der Waals surface area contributed by atoms with Crippen LogP contribution in [0.2, 0.25) is 0 Å². The van der Waals surface area contributed by atoms with Gasteiger partial charge in [0.15, 0.2) is 0 Å². The summed E-state index contributed by atoms with van der Waals surface area (Å²) in [5.41, 5.74) is 6.16. The van der Waals surface area contributed by atoms with Crippen molar-refractivity contribution in [1.82, 2.24) is 5.32 Å². The Morgan fingerprint density at radius 1 is 1.33 bits per heavy atom. The SMILES string of the molecule is CCCCC(CC)(CN)NCCC1CC1. The molecule has 3 N–H and O–H groups in total. The lowest BCUT2D eigenvalue weighted by Crippen LogP contribution is -2.51. The highest BCUT2D eigenvalue weighted by Crippen LogP contribution is 2.32. The van der Waals surface area contributed by atoms with E-state index in [2.05, 4.69) is 19.2 Å². The summed E-state index contributed by atoms with van der Waals surface area (Å²) in [6.07, 6.45) is 9.23. The number of hydrogen-bond acceptors (Lipinski definition) is 2. The molecular weight excluding hydrogens is 184 g/mol. The molecule has 0 radical (unpaired) electrons. The number of hydrogen-bond donors (Lipinski definition) is 2. The third-order valence-electron chi connectivity index (χ3n) is 3.83. The lowest BCUT2D eigenvalue weighted by molar-refractivity contribution is 0.288. The molecule has 0 heterocycles. The molecule has 0 aromatic rings. The van der Waals surface area contributed by atoms with E-state index >= 15 is 0 Å². The summed E-state index contributed by atoms with van der Waals surface area (Å²) in [5, 5.41) is 3.71. The molecule has 0 saturated heterocycles. The van der Waals surface area contributed by atoms with Crippen LogP contribution >= 0.6 is 0 Å². The van der Waals surface area contributed by atoms with Crippen molar-refractivity contribution in [2.75, 3.05) is 13.1 Å². The Morgan fingerprint density at radius 3 is 2.53 bits per heavy atom. The molecule has 1 aliphatic carbocycles. The van der Waals surface area contributed by atoms with Crippen molar-refractivity contribution in [2.24, 2.45) is 11.7 Å². The van der Waals surface area contributed by atoms with Gasteiger partial charge in [0.2, 0.25) is 0 Å². The van der Waals surface area contributed by atoms with Crippen LogP contribution in [0.3, 0.4) is 0 Å². The first-order valence-electron chi connectivity index (χ1n) is 6.71. The van der Waals surface area contributed by atoms with Crippen LogP contribution in [0.5, 0.6) is 0 Å². The minimum absolute atomic E-state index is 0.227. The van der Waals surface area contributed by atoms with Gasteiger partial charge in [-0.1, -0.05) is 39.5 Å². The van der Waals surface area contributed by atoms with E-state index < -0.39 is 0 Å². The van der Waals surface area contributed by atoms with Crippen LogP contribution in [0.15, 0.2) is 0 Å². The van der Waals surface area contributed by atoms with Gasteiger partial charge in [-0.05, 0) is 31.7 Å². The molecule has 1 atom stereocenters. The molecule has 2 heteroatoms. The van der Waals surface area contributed by atoms with Gasteiger partial charge in [-0.15, -0.1) is 0 Å². The van der Waals surface area contributed by atoms with Gasteiger partial charge in [0.05, 0.1) is 0 Å². The molecule has 0 aromatic carbocycles. The van der Waals surface area contributed by atoms with Crippen molar-refractivity contribution < 1.29 is 0 Å². The van der Waals surface area contributed by atoms with E-state index in [9.17, 15) is 0 Å². The molecule has 0 aliphatic heterocycles. The van der Waals surface area contributed by atoms with Crippen molar-refractivity contribution in [3.8, 4) is 0 Å². The lowest BCUT2D eigenvalue weighted by Gasteiger charge is -2.33. The Morgan fingerprint density at radius 2 is 2.07 bits per heavy atom. The molecule has 1 aliphatic rings. The highest BCUT2D eigenvalue weighted by Gasteiger charge is 2.26. The molecule has 2 nitrogen and oxygen atoms in total. The van der Waals surface area contributed by atoms with E-state index in [0.29, 0.717) is 0 Å². The smallest absolute Gasteiger partial charge is 0.0301 e. The molecule has 0 amide bonds. The number of rotatable bonds is 9. The van der Waals surface area contributed by atoms with Crippen molar-refractivity contribution in [2.45, 2.75) is 64.3 Å². The zero-order chi connectivity index (χ0) is 11.1. The number of nitrogens with two attached hydrogens (primary N) is 1. The van der Waals surface area contributed by atoms with Crippen LogP contribution in [0, 0.1) is 5.92 Å². The Bertz CT molecular complexity index is 160. The fourth-order valence-electron chi connectivity index (χ4n) is 2.17. The fraction of sp³-hybridized carbons (Fsp3) is 1.00. The second kappa shape index (κ2) is 6.49. The minimum atomic E-state index is 0.227. The monoisotopic (exact) mass is 212 g/mol. The molecule has 1 rings (SSSR count). The third kappa shape index (κ3) is 4.52. The number of unbranched alkanes of at least 4 members (excludes halogenated alkanes) is 1. The zero-order valence-corrected chi connectivity index (χ0v) is 10.5. The van der Waals surface area contributed by atoms with Gasteiger partial charge < -0.3 is 11.1 Å². The van der Waals surface area contributed by atoms with Crippen LogP contribution < -0.4 is 11.1 Å². The van der Waals surface area contributed by atoms with Crippen LogP contribution in [-0.4, -0.2) is 18.6 Å². The second-order valence-corrected chi connectivity index (χ2v) is 5.10. The fourth-order valence-corrected chi connectivity index (χ4v) is 2.17. The molecule has 15 heavy (non-hydrogen) atoms.